The van der Waals surface area contributed by atoms with Gasteiger partial charge in [0.1, 0.15) is 23.0 Å². The molecule has 1 aliphatic heterocycles. The molecule has 1 aliphatic rings. The van der Waals surface area contributed by atoms with Crippen LogP contribution in [-0.4, -0.2) is 56.3 Å². The summed E-state index contributed by atoms with van der Waals surface area (Å²) in [5.74, 6) is 0.867. The van der Waals surface area contributed by atoms with E-state index in [1.54, 1.807) is 12.1 Å². The Labute approximate surface area is 201 Å². The Morgan fingerprint density at radius 2 is 1.85 bits per heavy atom. The highest BCUT2D eigenvalue weighted by Crippen LogP contribution is 2.19. The second-order valence-electron chi connectivity index (χ2n) is 8.01. The van der Waals surface area contributed by atoms with Crippen molar-refractivity contribution in [1.82, 2.24) is 24.2 Å². The monoisotopic (exact) mass is 481 g/mol. The third-order valence-corrected chi connectivity index (χ3v) is 6.76. The normalized spacial score (nSPS) is 14.6. The number of nitrogens with zero attached hydrogens (tertiary/aromatic N) is 5. The van der Waals surface area contributed by atoms with E-state index < -0.39 is 0 Å². The third kappa shape index (κ3) is 5.52. The number of ether oxygens (including phenoxy) is 1. The van der Waals surface area contributed by atoms with Crippen molar-refractivity contribution in [1.29, 1.82) is 0 Å². The van der Waals surface area contributed by atoms with E-state index in [2.05, 4.69) is 21.1 Å². The summed E-state index contributed by atoms with van der Waals surface area (Å²) in [5, 5.41) is 3.47. The number of thiazole rings is 1. The third-order valence-electron chi connectivity index (χ3n) is 5.63. The number of carbonyl (C=O) groups excluding carboxylic acids is 1. The van der Waals surface area contributed by atoms with Crippen LogP contribution in [0.15, 0.2) is 60.2 Å². The zero-order valence-corrected chi connectivity index (χ0v) is 19.6. The van der Waals surface area contributed by atoms with Crippen LogP contribution in [0.5, 0.6) is 5.75 Å². The number of imidazole rings is 1. The van der Waals surface area contributed by atoms with E-state index in [9.17, 15) is 4.79 Å². The van der Waals surface area contributed by atoms with Gasteiger partial charge in [-0.05, 0) is 36.4 Å². The van der Waals surface area contributed by atoms with Gasteiger partial charge in [-0.1, -0.05) is 17.7 Å². The molecule has 0 unspecified atom stereocenters. The van der Waals surface area contributed by atoms with Gasteiger partial charge >= 0.3 is 0 Å². The van der Waals surface area contributed by atoms with Crippen molar-refractivity contribution in [3.63, 3.8) is 0 Å². The fraction of sp³-hybridized carbons (Fsp3) is 0.292. The lowest BCUT2D eigenvalue weighted by Crippen LogP contribution is -2.48. The fourth-order valence-corrected chi connectivity index (χ4v) is 4.72. The van der Waals surface area contributed by atoms with Crippen molar-refractivity contribution in [3.8, 4) is 5.75 Å². The number of hydrogen-bond donors (Lipinski definition) is 0. The molecule has 4 aromatic rings. The molecule has 3 aromatic heterocycles. The lowest BCUT2D eigenvalue weighted by molar-refractivity contribution is -0.132. The number of halogens is 1. The van der Waals surface area contributed by atoms with Crippen LogP contribution in [0.1, 0.15) is 16.4 Å². The van der Waals surface area contributed by atoms with E-state index in [-0.39, 0.29) is 5.91 Å². The smallest absolute Gasteiger partial charge is 0.228 e. The van der Waals surface area contributed by atoms with Gasteiger partial charge in [0.05, 0.1) is 17.8 Å². The van der Waals surface area contributed by atoms with Crippen molar-refractivity contribution in [2.75, 3.05) is 26.2 Å². The topological polar surface area (TPSA) is 63.0 Å². The molecule has 5 rings (SSSR count). The molecule has 0 bridgehead atoms. The first kappa shape index (κ1) is 21.9. The zero-order chi connectivity index (χ0) is 22.6. The Hall–Kier alpha value is -2.94. The maximum atomic E-state index is 12.8. The van der Waals surface area contributed by atoms with Gasteiger partial charge in [0.2, 0.25) is 5.91 Å². The highest BCUT2D eigenvalue weighted by molar-refractivity contribution is 7.09. The molecule has 170 valence electrons. The van der Waals surface area contributed by atoms with E-state index in [0.29, 0.717) is 18.1 Å². The minimum atomic E-state index is 0.123. The van der Waals surface area contributed by atoms with Gasteiger partial charge in [-0.2, -0.15) is 0 Å². The SMILES string of the molecule is O=C(Cc1csc(COc2ccc(Cl)cc2)n1)N1CCN(Cc2cn3ccccc3n2)CC1. The molecule has 1 saturated heterocycles. The second kappa shape index (κ2) is 9.91. The van der Waals surface area contributed by atoms with E-state index in [1.165, 1.54) is 11.3 Å². The molecule has 0 atom stereocenters. The summed E-state index contributed by atoms with van der Waals surface area (Å²) < 4.78 is 7.78. The first-order chi connectivity index (χ1) is 16.1. The van der Waals surface area contributed by atoms with Gasteiger partial charge in [0.25, 0.3) is 0 Å². The fourth-order valence-electron chi connectivity index (χ4n) is 3.89. The van der Waals surface area contributed by atoms with Crippen molar-refractivity contribution < 1.29 is 9.53 Å². The number of aromatic nitrogens is 3. The zero-order valence-electron chi connectivity index (χ0n) is 18.1. The Kier molecular flexibility index (Phi) is 6.57. The number of pyridine rings is 1. The quantitative estimate of drug-likeness (QED) is 0.400. The summed E-state index contributed by atoms with van der Waals surface area (Å²) in [6.45, 7) is 4.31. The summed E-state index contributed by atoms with van der Waals surface area (Å²) >= 11 is 7.41. The Morgan fingerprint density at radius 3 is 2.64 bits per heavy atom. The number of hydrogen-bond acceptors (Lipinski definition) is 6. The predicted octanol–water partition coefficient (Wildman–Crippen LogP) is 3.91. The van der Waals surface area contributed by atoms with Crippen LogP contribution < -0.4 is 4.74 Å². The summed E-state index contributed by atoms with van der Waals surface area (Å²) in [4.78, 5) is 26.3. The summed E-state index contributed by atoms with van der Waals surface area (Å²) in [6, 6.07) is 13.2. The Morgan fingerprint density at radius 1 is 1.03 bits per heavy atom. The lowest BCUT2D eigenvalue weighted by atomic mass is 10.2. The highest BCUT2D eigenvalue weighted by Gasteiger charge is 2.22. The van der Waals surface area contributed by atoms with Crippen molar-refractivity contribution in [2.45, 2.75) is 19.6 Å². The van der Waals surface area contributed by atoms with Crippen LogP contribution in [0.2, 0.25) is 5.02 Å². The first-order valence-electron chi connectivity index (χ1n) is 10.9. The van der Waals surface area contributed by atoms with E-state index >= 15 is 0 Å². The molecule has 33 heavy (non-hydrogen) atoms. The van der Waals surface area contributed by atoms with Crippen molar-refractivity contribution >= 4 is 34.5 Å². The van der Waals surface area contributed by atoms with Gasteiger partial charge in [0.15, 0.2) is 0 Å². The van der Waals surface area contributed by atoms with Crippen molar-refractivity contribution in [2.24, 2.45) is 0 Å². The molecule has 0 aliphatic carbocycles. The first-order valence-corrected chi connectivity index (χ1v) is 12.1. The standard InChI is InChI=1S/C24H24ClN5O2S/c25-18-4-6-21(7-5-18)32-16-23-27-19(17-33-23)13-24(31)29-11-9-28(10-12-29)14-20-15-30-8-2-1-3-22(30)26-20/h1-8,15,17H,9-14,16H2. The molecule has 9 heteroatoms. The molecule has 1 amide bonds. The van der Waals surface area contributed by atoms with E-state index in [1.807, 2.05) is 51.2 Å². The molecular formula is C24H24ClN5O2S. The number of rotatable bonds is 7. The van der Waals surface area contributed by atoms with Gasteiger partial charge in [0, 0.05) is 55.5 Å². The van der Waals surface area contributed by atoms with Crippen LogP contribution >= 0.6 is 22.9 Å². The largest absolute Gasteiger partial charge is 0.486 e. The average Bonchev–Trinajstić information content (AvgIpc) is 3.45. The van der Waals surface area contributed by atoms with Crippen LogP contribution in [-0.2, 0) is 24.4 Å². The minimum absolute atomic E-state index is 0.123. The van der Waals surface area contributed by atoms with E-state index in [4.69, 9.17) is 16.3 Å². The van der Waals surface area contributed by atoms with Gasteiger partial charge < -0.3 is 14.0 Å². The predicted molar refractivity (Wildman–Crippen MR) is 129 cm³/mol. The number of benzene rings is 1. The van der Waals surface area contributed by atoms with Gasteiger partial charge in [-0.25, -0.2) is 9.97 Å². The van der Waals surface area contributed by atoms with Gasteiger partial charge in [-0.15, -0.1) is 11.3 Å². The minimum Gasteiger partial charge on any atom is -0.486 e. The number of fused-ring (bicyclic) bond motifs is 1. The maximum Gasteiger partial charge on any atom is 0.228 e. The van der Waals surface area contributed by atoms with Crippen molar-refractivity contribution in [3.05, 3.63) is 81.7 Å². The molecule has 7 nitrogen and oxygen atoms in total. The second-order valence-corrected chi connectivity index (χ2v) is 9.39. The molecule has 0 N–H and O–H groups in total. The molecule has 1 aromatic carbocycles. The summed E-state index contributed by atoms with van der Waals surface area (Å²) in [7, 11) is 0. The number of carbonyl (C=O) groups is 1. The Bertz CT molecular complexity index is 1200. The van der Waals surface area contributed by atoms with Crippen LogP contribution in [0.4, 0.5) is 0 Å². The molecule has 0 saturated carbocycles. The molecule has 0 radical (unpaired) electrons. The molecule has 0 spiro atoms. The number of amides is 1. The Balaban J connectivity index is 1.08. The van der Waals surface area contributed by atoms with Crippen LogP contribution in [0.25, 0.3) is 5.65 Å². The highest BCUT2D eigenvalue weighted by atomic mass is 35.5. The average molecular weight is 482 g/mol. The molecule has 4 heterocycles. The van der Waals surface area contributed by atoms with Crippen LogP contribution in [0, 0.1) is 0 Å². The maximum absolute atomic E-state index is 12.8. The number of piperazine rings is 1. The van der Waals surface area contributed by atoms with Crippen LogP contribution in [0.3, 0.4) is 0 Å². The summed E-state index contributed by atoms with van der Waals surface area (Å²) in [6.07, 6.45) is 4.41. The summed E-state index contributed by atoms with van der Waals surface area (Å²) in [5.41, 5.74) is 2.81. The lowest BCUT2D eigenvalue weighted by Gasteiger charge is -2.34. The van der Waals surface area contributed by atoms with Gasteiger partial charge in [-0.3, -0.25) is 9.69 Å². The molecular weight excluding hydrogens is 458 g/mol. The van der Waals surface area contributed by atoms with E-state index in [0.717, 1.165) is 60.5 Å². The molecule has 1 fully saturated rings.